The van der Waals surface area contributed by atoms with Gasteiger partial charge in [-0.05, 0) is 44.1 Å². The highest BCUT2D eigenvalue weighted by Crippen LogP contribution is 2.22. The first-order chi connectivity index (χ1) is 7.75. The number of likely N-dealkylation sites (tertiary alicyclic amines) is 1. The predicted octanol–water partition coefficient (Wildman–Crippen LogP) is 2.35. The summed E-state index contributed by atoms with van der Waals surface area (Å²) in [6.07, 6.45) is 5.20. The molecule has 0 unspecified atom stereocenters. The fourth-order valence-electron chi connectivity index (χ4n) is 2.27. The molecule has 1 aliphatic heterocycles. The van der Waals surface area contributed by atoms with Crippen molar-refractivity contribution >= 4 is 5.69 Å². The van der Waals surface area contributed by atoms with Gasteiger partial charge >= 0.3 is 0 Å². The van der Waals surface area contributed by atoms with Crippen LogP contribution in [-0.4, -0.2) is 23.1 Å². The van der Waals surface area contributed by atoms with Crippen molar-refractivity contribution < 1.29 is 5.11 Å². The van der Waals surface area contributed by atoms with E-state index >= 15 is 0 Å². The lowest BCUT2D eigenvalue weighted by atomic mass is 10.1. The van der Waals surface area contributed by atoms with E-state index in [9.17, 15) is 5.11 Å². The summed E-state index contributed by atoms with van der Waals surface area (Å²) in [5, 5.41) is 9.75. The Labute approximate surface area is 96.9 Å². The molecule has 3 N–H and O–H groups in total. The summed E-state index contributed by atoms with van der Waals surface area (Å²) < 4.78 is 0. The molecule has 0 aliphatic carbocycles. The molecule has 1 aliphatic rings. The van der Waals surface area contributed by atoms with E-state index in [1.807, 2.05) is 6.07 Å². The lowest BCUT2D eigenvalue weighted by Gasteiger charge is -2.20. The van der Waals surface area contributed by atoms with Gasteiger partial charge in [0.25, 0.3) is 0 Å². The Morgan fingerprint density at radius 2 is 1.81 bits per heavy atom. The number of benzene rings is 1. The van der Waals surface area contributed by atoms with Crippen molar-refractivity contribution in [1.29, 1.82) is 0 Å². The van der Waals surface area contributed by atoms with Gasteiger partial charge in [0.1, 0.15) is 5.75 Å². The minimum atomic E-state index is 0.360. The Kier molecular flexibility index (Phi) is 3.67. The average Bonchev–Trinajstić information content (AvgIpc) is 2.52. The lowest BCUT2D eigenvalue weighted by Crippen LogP contribution is -2.24. The number of hydrogen-bond donors (Lipinski definition) is 2. The Hall–Kier alpha value is -1.22. The molecule has 16 heavy (non-hydrogen) atoms. The van der Waals surface area contributed by atoms with Crippen LogP contribution in [0.4, 0.5) is 5.69 Å². The molecule has 0 atom stereocenters. The van der Waals surface area contributed by atoms with Gasteiger partial charge in [0.2, 0.25) is 0 Å². The zero-order chi connectivity index (χ0) is 11.4. The molecule has 88 valence electrons. The van der Waals surface area contributed by atoms with E-state index in [2.05, 4.69) is 4.90 Å². The number of rotatable bonds is 2. The zero-order valence-electron chi connectivity index (χ0n) is 9.65. The van der Waals surface area contributed by atoms with Gasteiger partial charge in [0, 0.05) is 17.8 Å². The molecule has 0 bridgehead atoms. The van der Waals surface area contributed by atoms with Crippen LogP contribution >= 0.6 is 0 Å². The van der Waals surface area contributed by atoms with E-state index < -0.39 is 0 Å². The highest BCUT2D eigenvalue weighted by Gasteiger charge is 2.11. The van der Waals surface area contributed by atoms with Crippen LogP contribution in [-0.2, 0) is 6.54 Å². The van der Waals surface area contributed by atoms with Crippen molar-refractivity contribution in [2.24, 2.45) is 0 Å². The summed E-state index contributed by atoms with van der Waals surface area (Å²) in [5.74, 6) is 0.360. The molecule has 3 nitrogen and oxygen atoms in total. The molecule has 1 heterocycles. The average molecular weight is 220 g/mol. The second-order valence-electron chi connectivity index (χ2n) is 4.58. The monoisotopic (exact) mass is 220 g/mol. The molecule has 2 rings (SSSR count). The van der Waals surface area contributed by atoms with E-state index in [4.69, 9.17) is 5.73 Å². The molecule has 0 saturated carbocycles. The first-order valence-electron chi connectivity index (χ1n) is 6.05. The molecule has 1 aromatic carbocycles. The van der Waals surface area contributed by atoms with Gasteiger partial charge in [-0.25, -0.2) is 0 Å². The lowest BCUT2D eigenvalue weighted by molar-refractivity contribution is 0.273. The van der Waals surface area contributed by atoms with Gasteiger partial charge in [-0.15, -0.1) is 0 Å². The maximum Gasteiger partial charge on any atom is 0.120 e. The molecular weight excluding hydrogens is 200 g/mol. The summed E-state index contributed by atoms with van der Waals surface area (Å²) in [6.45, 7) is 3.08. The van der Waals surface area contributed by atoms with Crippen LogP contribution in [0.15, 0.2) is 18.2 Å². The van der Waals surface area contributed by atoms with Crippen LogP contribution in [0.1, 0.15) is 31.2 Å². The molecule has 1 aromatic rings. The van der Waals surface area contributed by atoms with Gasteiger partial charge in [-0.3, -0.25) is 4.90 Å². The highest BCUT2D eigenvalue weighted by atomic mass is 16.3. The number of anilines is 1. The summed E-state index contributed by atoms with van der Waals surface area (Å²) >= 11 is 0. The smallest absolute Gasteiger partial charge is 0.120 e. The topological polar surface area (TPSA) is 49.5 Å². The zero-order valence-corrected chi connectivity index (χ0v) is 9.65. The predicted molar refractivity (Wildman–Crippen MR) is 66.3 cm³/mol. The van der Waals surface area contributed by atoms with E-state index in [0.717, 1.165) is 30.9 Å². The highest BCUT2D eigenvalue weighted by molar-refractivity contribution is 5.47. The van der Waals surface area contributed by atoms with Crippen LogP contribution in [0, 0.1) is 0 Å². The number of nitrogen functional groups attached to an aromatic ring is 1. The van der Waals surface area contributed by atoms with Crippen molar-refractivity contribution in [1.82, 2.24) is 4.90 Å². The Morgan fingerprint density at radius 3 is 2.50 bits per heavy atom. The summed E-state index contributed by atoms with van der Waals surface area (Å²) in [7, 11) is 0. The maximum absolute atomic E-state index is 9.75. The van der Waals surface area contributed by atoms with Gasteiger partial charge in [-0.1, -0.05) is 12.8 Å². The van der Waals surface area contributed by atoms with Crippen molar-refractivity contribution in [3.05, 3.63) is 23.8 Å². The standard InChI is InChI=1S/C13H20N2O/c14-12-5-6-13(16)11(9-12)10-15-7-3-1-2-4-8-15/h5-6,9,16H,1-4,7-8,10,14H2. The van der Waals surface area contributed by atoms with Crippen molar-refractivity contribution in [3.63, 3.8) is 0 Å². The first-order valence-corrected chi connectivity index (χ1v) is 6.05. The molecular formula is C13H20N2O. The molecule has 0 amide bonds. The molecule has 0 spiro atoms. The van der Waals surface area contributed by atoms with Crippen LogP contribution < -0.4 is 5.73 Å². The Balaban J connectivity index is 2.04. The van der Waals surface area contributed by atoms with Gasteiger partial charge in [0.15, 0.2) is 0 Å². The van der Waals surface area contributed by atoms with E-state index in [0.29, 0.717) is 5.75 Å². The minimum Gasteiger partial charge on any atom is -0.508 e. The largest absolute Gasteiger partial charge is 0.508 e. The number of phenols is 1. The molecule has 0 aromatic heterocycles. The summed E-state index contributed by atoms with van der Waals surface area (Å²) in [6, 6.07) is 5.30. The number of nitrogens with zero attached hydrogens (tertiary/aromatic N) is 1. The second kappa shape index (κ2) is 5.21. The van der Waals surface area contributed by atoms with Gasteiger partial charge in [-0.2, -0.15) is 0 Å². The van der Waals surface area contributed by atoms with Crippen molar-refractivity contribution in [3.8, 4) is 5.75 Å². The van der Waals surface area contributed by atoms with Crippen molar-refractivity contribution in [2.75, 3.05) is 18.8 Å². The Morgan fingerprint density at radius 1 is 1.12 bits per heavy atom. The maximum atomic E-state index is 9.75. The fourth-order valence-corrected chi connectivity index (χ4v) is 2.27. The third kappa shape index (κ3) is 2.89. The number of hydrogen-bond acceptors (Lipinski definition) is 3. The number of nitrogens with two attached hydrogens (primary N) is 1. The third-order valence-electron chi connectivity index (χ3n) is 3.20. The van der Waals surface area contributed by atoms with E-state index in [1.54, 1.807) is 12.1 Å². The quantitative estimate of drug-likeness (QED) is 0.594. The third-order valence-corrected chi connectivity index (χ3v) is 3.20. The molecule has 1 saturated heterocycles. The SMILES string of the molecule is Nc1ccc(O)c(CN2CCCCCC2)c1. The number of phenolic OH excluding ortho intramolecular Hbond substituents is 1. The molecule has 1 fully saturated rings. The first kappa shape index (κ1) is 11.3. The van der Waals surface area contributed by atoms with Crippen LogP contribution in [0.5, 0.6) is 5.75 Å². The summed E-state index contributed by atoms with van der Waals surface area (Å²) in [4.78, 5) is 2.40. The van der Waals surface area contributed by atoms with Crippen molar-refractivity contribution in [2.45, 2.75) is 32.2 Å². The van der Waals surface area contributed by atoms with E-state index in [-0.39, 0.29) is 0 Å². The molecule has 3 heteroatoms. The summed E-state index contributed by atoms with van der Waals surface area (Å²) in [5.41, 5.74) is 7.40. The normalized spacial score (nSPS) is 18.2. The second-order valence-corrected chi connectivity index (χ2v) is 4.58. The Bertz CT molecular complexity index is 344. The number of aromatic hydroxyl groups is 1. The van der Waals surface area contributed by atoms with Gasteiger partial charge in [0.05, 0.1) is 0 Å². The fraction of sp³-hybridized carbons (Fsp3) is 0.538. The van der Waals surface area contributed by atoms with Crippen LogP contribution in [0.2, 0.25) is 0 Å². The van der Waals surface area contributed by atoms with Crippen LogP contribution in [0.25, 0.3) is 0 Å². The van der Waals surface area contributed by atoms with Gasteiger partial charge < -0.3 is 10.8 Å². The van der Waals surface area contributed by atoms with Crippen LogP contribution in [0.3, 0.4) is 0 Å². The van der Waals surface area contributed by atoms with E-state index in [1.165, 1.54) is 25.7 Å². The minimum absolute atomic E-state index is 0.360. The molecule has 0 radical (unpaired) electrons.